The number of hydrogen-bond acceptors (Lipinski definition) is 6. The van der Waals surface area contributed by atoms with E-state index in [1.807, 2.05) is 24.3 Å². The molecule has 1 aliphatic heterocycles. The Hall–Kier alpha value is -3.43. The molecule has 0 aliphatic carbocycles. The first kappa shape index (κ1) is 25.2. The van der Waals surface area contributed by atoms with Gasteiger partial charge in [-0.3, -0.25) is 14.4 Å². The third-order valence-corrected chi connectivity index (χ3v) is 5.30. The molecule has 1 aliphatic rings. The zero-order valence-electron chi connectivity index (χ0n) is 18.8. The molecule has 0 unspecified atom stereocenters. The first-order valence-electron chi connectivity index (χ1n) is 11.0. The maximum atomic E-state index is 12.2. The number of carbonyl (C=O) groups excluding carboxylic acids is 3. The van der Waals surface area contributed by atoms with Crippen molar-refractivity contribution in [2.45, 2.75) is 32.3 Å². The van der Waals surface area contributed by atoms with Gasteiger partial charge in [-0.15, -0.1) is 0 Å². The number of amides is 3. The lowest BCUT2D eigenvalue weighted by molar-refractivity contribution is -0.139. The van der Waals surface area contributed by atoms with Crippen LogP contribution < -0.4 is 20.8 Å². The Bertz CT molecular complexity index is 1040. The number of halogens is 1. The van der Waals surface area contributed by atoms with Gasteiger partial charge < -0.3 is 20.1 Å². The van der Waals surface area contributed by atoms with E-state index in [1.54, 1.807) is 18.2 Å². The number of carbonyl (C=O) groups is 3. The fourth-order valence-electron chi connectivity index (χ4n) is 3.22. The Morgan fingerprint density at radius 2 is 1.97 bits per heavy atom. The lowest BCUT2D eigenvalue weighted by Gasteiger charge is -2.11. The van der Waals surface area contributed by atoms with Crippen LogP contribution in [0.2, 0.25) is 5.02 Å². The second kappa shape index (κ2) is 12.7. The summed E-state index contributed by atoms with van der Waals surface area (Å²) in [6.07, 6.45) is 3.92. The van der Waals surface area contributed by atoms with Crippen LogP contribution in [-0.2, 0) is 25.5 Å². The maximum absolute atomic E-state index is 12.2. The quantitative estimate of drug-likeness (QED) is 0.286. The number of rotatable bonds is 9. The molecule has 2 aromatic rings. The van der Waals surface area contributed by atoms with Gasteiger partial charge in [-0.25, -0.2) is 5.43 Å². The molecule has 1 saturated heterocycles. The Kier molecular flexibility index (Phi) is 9.42. The highest BCUT2D eigenvalue weighted by molar-refractivity contribution is 6.35. The lowest BCUT2D eigenvalue weighted by atomic mass is 10.1. The summed E-state index contributed by atoms with van der Waals surface area (Å²) in [6, 6.07) is 12.3. The van der Waals surface area contributed by atoms with Crippen LogP contribution in [0.25, 0.3) is 0 Å². The molecule has 3 amide bonds. The molecule has 180 valence electrons. The van der Waals surface area contributed by atoms with Crippen LogP contribution in [0.5, 0.6) is 5.75 Å². The second-order valence-electron chi connectivity index (χ2n) is 7.61. The largest absolute Gasteiger partial charge is 0.483 e. The number of nitrogens with zero attached hydrogens (tertiary/aromatic N) is 1. The Balaban J connectivity index is 1.50. The van der Waals surface area contributed by atoms with Crippen molar-refractivity contribution < 1.29 is 23.9 Å². The molecule has 0 spiro atoms. The predicted molar refractivity (Wildman–Crippen MR) is 129 cm³/mol. The van der Waals surface area contributed by atoms with Crippen molar-refractivity contribution in [2.75, 3.05) is 25.1 Å². The van der Waals surface area contributed by atoms with Crippen molar-refractivity contribution in [3.63, 3.8) is 0 Å². The highest BCUT2D eigenvalue weighted by atomic mass is 35.5. The lowest BCUT2D eigenvalue weighted by Crippen LogP contribution is -2.41. The number of hydrogen-bond donors (Lipinski definition) is 3. The molecule has 0 aromatic heterocycles. The minimum Gasteiger partial charge on any atom is -0.483 e. The van der Waals surface area contributed by atoms with Gasteiger partial charge in [0.2, 0.25) is 0 Å². The van der Waals surface area contributed by atoms with Gasteiger partial charge in [0.1, 0.15) is 5.75 Å². The van der Waals surface area contributed by atoms with Gasteiger partial charge in [-0.2, -0.15) is 5.10 Å². The van der Waals surface area contributed by atoms with Gasteiger partial charge >= 0.3 is 11.8 Å². The van der Waals surface area contributed by atoms with Crippen molar-refractivity contribution in [1.29, 1.82) is 0 Å². The van der Waals surface area contributed by atoms with E-state index in [0.717, 1.165) is 19.3 Å². The van der Waals surface area contributed by atoms with Crippen molar-refractivity contribution in [3.05, 3.63) is 58.6 Å². The first-order valence-corrected chi connectivity index (χ1v) is 11.4. The van der Waals surface area contributed by atoms with Crippen molar-refractivity contribution >= 4 is 41.2 Å². The van der Waals surface area contributed by atoms with E-state index >= 15 is 0 Å². The van der Waals surface area contributed by atoms with Crippen LogP contribution >= 0.6 is 11.6 Å². The molecule has 3 rings (SSSR count). The molecular formula is C24H27ClN4O5. The molecule has 2 aromatic carbocycles. The maximum Gasteiger partial charge on any atom is 0.329 e. The van der Waals surface area contributed by atoms with Crippen molar-refractivity contribution in [1.82, 2.24) is 10.7 Å². The summed E-state index contributed by atoms with van der Waals surface area (Å²) in [7, 11) is 0. The summed E-state index contributed by atoms with van der Waals surface area (Å²) in [5.41, 5.74) is 4.43. The Morgan fingerprint density at radius 3 is 2.68 bits per heavy atom. The topological polar surface area (TPSA) is 118 Å². The highest BCUT2D eigenvalue weighted by Gasteiger charge is 2.19. The molecule has 1 atom stereocenters. The molecule has 9 nitrogen and oxygen atoms in total. The van der Waals surface area contributed by atoms with Gasteiger partial charge in [0, 0.05) is 29.4 Å². The van der Waals surface area contributed by atoms with E-state index in [1.165, 1.54) is 11.8 Å². The first-order chi connectivity index (χ1) is 16.4. The fourth-order valence-corrected chi connectivity index (χ4v) is 3.40. The molecule has 10 heteroatoms. The van der Waals surface area contributed by atoms with Gasteiger partial charge in [0.15, 0.2) is 6.61 Å². The van der Waals surface area contributed by atoms with Crippen LogP contribution in [0, 0.1) is 0 Å². The van der Waals surface area contributed by atoms with E-state index < -0.39 is 11.8 Å². The number of anilines is 1. The molecule has 3 N–H and O–H groups in total. The van der Waals surface area contributed by atoms with E-state index in [4.69, 9.17) is 21.1 Å². The molecule has 34 heavy (non-hydrogen) atoms. The van der Waals surface area contributed by atoms with Crippen LogP contribution in [0.1, 0.15) is 30.9 Å². The number of aryl methyl sites for hydroxylation is 1. The van der Waals surface area contributed by atoms with Crippen molar-refractivity contribution in [2.24, 2.45) is 5.10 Å². The third-order valence-electron chi connectivity index (χ3n) is 5.07. The van der Waals surface area contributed by atoms with Crippen LogP contribution in [0.15, 0.2) is 47.6 Å². The van der Waals surface area contributed by atoms with Gasteiger partial charge in [0.25, 0.3) is 5.91 Å². The average Bonchev–Trinajstić information content (AvgIpc) is 3.36. The number of hydrazone groups is 1. The second-order valence-corrected chi connectivity index (χ2v) is 8.05. The SMILES string of the molecule is CCc1ccc(NC(=O)COc2ccc(Cl)cc2/C=N\NC(=O)C(=O)NC[C@H]2CCCO2)cc1. The minimum absolute atomic E-state index is 0.0701. The normalized spacial score (nSPS) is 15.2. The molecule has 0 bridgehead atoms. The van der Waals surface area contributed by atoms with E-state index in [9.17, 15) is 14.4 Å². The van der Waals surface area contributed by atoms with Crippen LogP contribution in [0.3, 0.4) is 0 Å². The summed E-state index contributed by atoms with van der Waals surface area (Å²) >= 11 is 6.05. The standard InChI is InChI=1S/C24H27ClN4O5/c1-2-16-5-8-19(9-6-16)28-22(30)15-34-21-10-7-18(25)12-17(21)13-27-29-24(32)23(31)26-14-20-4-3-11-33-20/h5-10,12-13,20H,2-4,11,14-15H2,1H3,(H,26,31)(H,28,30)(H,29,32)/b27-13-/t20-/m1/s1. The number of nitrogens with one attached hydrogen (secondary N) is 3. The summed E-state index contributed by atoms with van der Waals surface area (Å²) in [5.74, 6) is -1.72. The summed E-state index contributed by atoms with van der Waals surface area (Å²) < 4.78 is 11.0. The molecule has 0 saturated carbocycles. The number of ether oxygens (including phenoxy) is 2. The van der Waals surface area contributed by atoms with Gasteiger partial charge in [-0.05, 0) is 55.2 Å². The number of benzene rings is 2. The van der Waals surface area contributed by atoms with E-state index in [2.05, 4.69) is 28.1 Å². The average molecular weight is 487 g/mol. The van der Waals surface area contributed by atoms with Crippen LogP contribution in [-0.4, -0.2) is 49.8 Å². The smallest absolute Gasteiger partial charge is 0.329 e. The van der Waals surface area contributed by atoms with Crippen LogP contribution in [0.4, 0.5) is 5.69 Å². The zero-order chi connectivity index (χ0) is 24.3. The summed E-state index contributed by atoms with van der Waals surface area (Å²) in [6.45, 7) is 2.75. The Labute approximate surface area is 202 Å². The molecular weight excluding hydrogens is 460 g/mol. The summed E-state index contributed by atoms with van der Waals surface area (Å²) in [5, 5.41) is 9.49. The van der Waals surface area contributed by atoms with Gasteiger partial charge in [0.05, 0.1) is 12.3 Å². The monoisotopic (exact) mass is 486 g/mol. The Morgan fingerprint density at radius 1 is 1.18 bits per heavy atom. The molecule has 1 fully saturated rings. The van der Waals surface area contributed by atoms with E-state index in [-0.39, 0.29) is 25.2 Å². The third kappa shape index (κ3) is 7.86. The van der Waals surface area contributed by atoms with Crippen molar-refractivity contribution in [3.8, 4) is 5.75 Å². The molecule has 0 radical (unpaired) electrons. The zero-order valence-corrected chi connectivity index (χ0v) is 19.6. The van der Waals surface area contributed by atoms with E-state index in [0.29, 0.717) is 28.6 Å². The highest BCUT2D eigenvalue weighted by Crippen LogP contribution is 2.21. The fraction of sp³-hybridized carbons (Fsp3) is 0.333. The predicted octanol–water partition coefficient (Wildman–Crippen LogP) is 2.67. The minimum atomic E-state index is -0.910. The van der Waals surface area contributed by atoms with Gasteiger partial charge in [-0.1, -0.05) is 30.7 Å². The molecule has 1 heterocycles. The summed E-state index contributed by atoms with van der Waals surface area (Å²) in [4.78, 5) is 36.1.